The number of nitrogens with zero attached hydrogens (tertiary/aromatic N) is 4. The number of fused-ring (bicyclic) bond motifs is 1. The van der Waals surface area contributed by atoms with E-state index in [9.17, 15) is 0 Å². The summed E-state index contributed by atoms with van der Waals surface area (Å²) in [5, 5.41) is 7.84. The summed E-state index contributed by atoms with van der Waals surface area (Å²) in [7, 11) is 0. The van der Waals surface area contributed by atoms with Crippen LogP contribution in [0.1, 0.15) is 22.6 Å². The molecule has 3 heterocycles. The molecule has 1 aliphatic heterocycles. The molecule has 17 heavy (non-hydrogen) atoms. The first-order valence-electron chi connectivity index (χ1n) is 5.83. The second-order valence-corrected chi connectivity index (χ2v) is 4.39. The summed E-state index contributed by atoms with van der Waals surface area (Å²) in [4.78, 5) is 8.74. The van der Waals surface area contributed by atoms with E-state index in [0.29, 0.717) is 0 Å². The molecule has 5 nitrogen and oxygen atoms in total. The zero-order valence-electron chi connectivity index (χ0n) is 10.1. The van der Waals surface area contributed by atoms with Crippen molar-refractivity contribution >= 4 is 0 Å². The molecular formula is C12H15N5. The SMILES string of the molecule is Cc1cc(C)n(-c2ncnc3c2CNCC3)n1. The lowest BCUT2D eigenvalue weighted by atomic mass is 10.1. The van der Waals surface area contributed by atoms with Crippen molar-refractivity contribution in [1.82, 2.24) is 25.1 Å². The summed E-state index contributed by atoms with van der Waals surface area (Å²) in [5.41, 5.74) is 4.43. The van der Waals surface area contributed by atoms with E-state index in [1.165, 1.54) is 5.56 Å². The van der Waals surface area contributed by atoms with Gasteiger partial charge in [0.1, 0.15) is 6.33 Å². The summed E-state index contributed by atoms with van der Waals surface area (Å²) in [6.07, 6.45) is 2.60. The highest BCUT2D eigenvalue weighted by Crippen LogP contribution is 2.19. The van der Waals surface area contributed by atoms with Crippen molar-refractivity contribution in [2.45, 2.75) is 26.8 Å². The Kier molecular flexibility index (Phi) is 2.40. The minimum absolute atomic E-state index is 0.823. The van der Waals surface area contributed by atoms with Crippen LogP contribution in [0.5, 0.6) is 0 Å². The van der Waals surface area contributed by atoms with Crippen molar-refractivity contribution < 1.29 is 0 Å². The average Bonchev–Trinajstić information content (AvgIpc) is 2.68. The molecule has 2 aromatic rings. The van der Waals surface area contributed by atoms with Crippen LogP contribution in [0, 0.1) is 13.8 Å². The van der Waals surface area contributed by atoms with Crippen LogP contribution in [0.2, 0.25) is 0 Å². The van der Waals surface area contributed by atoms with Crippen LogP contribution in [0.4, 0.5) is 0 Å². The Labute approximate surface area is 99.9 Å². The molecule has 1 aliphatic rings. The highest BCUT2D eigenvalue weighted by atomic mass is 15.3. The van der Waals surface area contributed by atoms with Gasteiger partial charge in [-0.1, -0.05) is 0 Å². The summed E-state index contributed by atoms with van der Waals surface area (Å²) in [6, 6.07) is 2.06. The lowest BCUT2D eigenvalue weighted by Gasteiger charge is -2.18. The third-order valence-corrected chi connectivity index (χ3v) is 3.06. The van der Waals surface area contributed by atoms with Crippen molar-refractivity contribution in [2.24, 2.45) is 0 Å². The number of aryl methyl sites for hydroxylation is 2. The third kappa shape index (κ3) is 1.72. The predicted octanol–water partition coefficient (Wildman–Crippen LogP) is 0.925. The first-order chi connectivity index (χ1) is 8.25. The standard InChI is InChI=1S/C12H15N5/c1-8-5-9(2)17(16-8)12-10-6-13-4-3-11(10)14-7-15-12/h5,7,13H,3-4,6H2,1-2H3. The molecule has 0 aliphatic carbocycles. The Morgan fingerprint density at radius 1 is 1.29 bits per heavy atom. The maximum Gasteiger partial charge on any atom is 0.161 e. The van der Waals surface area contributed by atoms with Gasteiger partial charge in [-0.2, -0.15) is 5.10 Å². The molecule has 0 aromatic carbocycles. The van der Waals surface area contributed by atoms with Gasteiger partial charge >= 0.3 is 0 Å². The summed E-state index contributed by atoms with van der Waals surface area (Å²) in [5.74, 6) is 0.910. The van der Waals surface area contributed by atoms with Gasteiger partial charge in [0, 0.05) is 30.8 Å². The lowest BCUT2D eigenvalue weighted by Crippen LogP contribution is -2.27. The van der Waals surface area contributed by atoms with E-state index < -0.39 is 0 Å². The first-order valence-corrected chi connectivity index (χ1v) is 5.83. The maximum atomic E-state index is 4.49. The summed E-state index contributed by atoms with van der Waals surface area (Å²) >= 11 is 0. The highest BCUT2D eigenvalue weighted by molar-refractivity contribution is 5.38. The Morgan fingerprint density at radius 2 is 2.18 bits per heavy atom. The van der Waals surface area contributed by atoms with Crippen LogP contribution in [0.25, 0.3) is 5.82 Å². The van der Waals surface area contributed by atoms with Gasteiger partial charge in [0.2, 0.25) is 0 Å². The lowest BCUT2D eigenvalue weighted by molar-refractivity contribution is 0.614. The van der Waals surface area contributed by atoms with Gasteiger partial charge in [-0.25, -0.2) is 14.6 Å². The topological polar surface area (TPSA) is 55.6 Å². The van der Waals surface area contributed by atoms with Gasteiger partial charge in [0.15, 0.2) is 5.82 Å². The zero-order valence-corrected chi connectivity index (χ0v) is 10.1. The van der Waals surface area contributed by atoms with Gasteiger partial charge in [0.25, 0.3) is 0 Å². The van der Waals surface area contributed by atoms with Crippen molar-refractivity contribution in [3.05, 3.63) is 35.0 Å². The fourth-order valence-corrected chi connectivity index (χ4v) is 2.28. The molecule has 0 saturated heterocycles. The number of hydrogen-bond donors (Lipinski definition) is 1. The first kappa shape index (κ1) is 10.4. The van der Waals surface area contributed by atoms with E-state index in [1.807, 2.05) is 18.5 Å². The largest absolute Gasteiger partial charge is 0.312 e. The van der Waals surface area contributed by atoms with Crippen molar-refractivity contribution in [1.29, 1.82) is 0 Å². The predicted molar refractivity (Wildman–Crippen MR) is 64.0 cm³/mol. The van der Waals surface area contributed by atoms with Crippen molar-refractivity contribution in [3.8, 4) is 5.82 Å². The molecule has 0 saturated carbocycles. The molecular weight excluding hydrogens is 214 g/mol. The van der Waals surface area contributed by atoms with E-state index in [-0.39, 0.29) is 0 Å². The molecule has 88 valence electrons. The summed E-state index contributed by atoms with van der Waals surface area (Å²) < 4.78 is 1.91. The number of rotatable bonds is 1. The van der Waals surface area contributed by atoms with E-state index in [1.54, 1.807) is 6.33 Å². The maximum absolute atomic E-state index is 4.49. The molecule has 0 fully saturated rings. The Balaban J connectivity index is 2.17. The normalized spacial score (nSPS) is 14.7. The Morgan fingerprint density at radius 3 is 2.94 bits per heavy atom. The number of hydrogen-bond acceptors (Lipinski definition) is 4. The van der Waals surface area contributed by atoms with E-state index >= 15 is 0 Å². The van der Waals surface area contributed by atoms with Gasteiger partial charge in [-0.3, -0.25) is 0 Å². The van der Waals surface area contributed by atoms with Crippen molar-refractivity contribution in [2.75, 3.05) is 6.54 Å². The van der Waals surface area contributed by atoms with Crippen LogP contribution >= 0.6 is 0 Å². The molecule has 0 spiro atoms. The van der Waals surface area contributed by atoms with Gasteiger partial charge in [-0.05, 0) is 19.9 Å². The summed E-state index contributed by atoms with van der Waals surface area (Å²) in [6.45, 7) is 5.85. The molecule has 5 heteroatoms. The minimum Gasteiger partial charge on any atom is -0.312 e. The third-order valence-electron chi connectivity index (χ3n) is 3.06. The van der Waals surface area contributed by atoms with E-state index in [0.717, 1.165) is 42.4 Å². The molecule has 0 bridgehead atoms. The molecule has 2 aromatic heterocycles. The zero-order chi connectivity index (χ0) is 11.8. The second-order valence-electron chi connectivity index (χ2n) is 4.39. The number of aromatic nitrogens is 4. The highest BCUT2D eigenvalue weighted by Gasteiger charge is 2.17. The molecule has 3 rings (SSSR count). The van der Waals surface area contributed by atoms with Crippen molar-refractivity contribution in [3.63, 3.8) is 0 Å². The van der Waals surface area contributed by atoms with Crippen LogP contribution in [-0.4, -0.2) is 26.3 Å². The quantitative estimate of drug-likeness (QED) is 0.790. The van der Waals surface area contributed by atoms with Gasteiger partial charge in [0.05, 0.1) is 11.4 Å². The van der Waals surface area contributed by atoms with Crippen LogP contribution < -0.4 is 5.32 Å². The fourth-order valence-electron chi connectivity index (χ4n) is 2.28. The van der Waals surface area contributed by atoms with E-state index in [2.05, 4.69) is 26.4 Å². The Hall–Kier alpha value is -1.75. The molecule has 0 radical (unpaired) electrons. The van der Waals surface area contributed by atoms with Gasteiger partial charge in [-0.15, -0.1) is 0 Å². The van der Waals surface area contributed by atoms with Crippen LogP contribution in [0.3, 0.4) is 0 Å². The second kappa shape index (κ2) is 3.92. The van der Waals surface area contributed by atoms with Gasteiger partial charge < -0.3 is 5.32 Å². The minimum atomic E-state index is 0.823. The Bertz CT molecular complexity index is 558. The smallest absolute Gasteiger partial charge is 0.161 e. The molecule has 0 atom stereocenters. The monoisotopic (exact) mass is 229 g/mol. The fraction of sp³-hybridized carbons (Fsp3) is 0.417. The van der Waals surface area contributed by atoms with E-state index in [4.69, 9.17) is 0 Å². The van der Waals surface area contributed by atoms with Crippen LogP contribution in [0.15, 0.2) is 12.4 Å². The molecule has 0 unspecified atom stereocenters. The average molecular weight is 229 g/mol. The molecule has 0 amide bonds. The number of nitrogens with one attached hydrogen (secondary N) is 1. The molecule has 1 N–H and O–H groups in total. The van der Waals surface area contributed by atoms with Crippen LogP contribution in [-0.2, 0) is 13.0 Å².